The number of H-pyrrole nitrogens is 1. The van der Waals surface area contributed by atoms with Gasteiger partial charge in [-0.1, -0.05) is 66.2 Å². The molecule has 0 radical (unpaired) electrons. The van der Waals surface area contributed by atoms with E-state index in [1.54, 1.807) is 33.9 Å². The third-order valence-corrected chi connectivity index (χ3v) is 12.3. The maximum Gasteiger partial charge on any atom is 0.326 e. The molecule has 3 rings (SSSR count). The largest absolute Gasteiger partial charge is 0.480 e. The molecule has 1 saturated heterocycles. The molecule has 1 aromatic heterocycles. The normalized spacial score (nSPS) is 18.4. The highest BCUT2D eigenvalue weighted by Crippen LogP contribution is 2.22. The van der Waals surface area contributed by atoms with Crippen LogP contribution in [-0.4, -0.2) is 163 Å². The monoisotopic (exact) mass is 987 g/mol. The number of benzene rings is 1. The molecule has 1 fully saturated rings. The fourth-order valence-electron chi connectivity index (χ4n) is 7.96. The molecule has 2 heterocycles. The second-order valence-electron chi connectivity index (χ2n) is 18.9. The van der Waals surface area contributed by atoms with Gasteiger partial charge in [0.25, 0.3) is 0 Å². The van der Waals surface area contributed by atoms with E-state index < -0.39 is 138 Å². The first-order valence-corrected chi connectivity index (χ1v) is 23.8. The Morgan fingerprint density at radius 1 is 0.714 bits per heavy atom. The van der Waals surface area contributed by atoms with Crippen molar-refractivity contribution in [3.05, 3.63) is 36.0 Å². The number of amides is 8. The van der Waals surface area contributed by atoms with Crippen molar-refractivity contribution in [2.24, 2.45) is 23.5 Å². The van der Waals surface area contributed by atoms with Gasteiger partial charge in [-0.25, -0.2) is 4.79 Å². The molecule has 70 heavy (non-hydrogen) atoms. The number of carboxylic acids is 1. The van der Waals surface area contributed by atoms with E-state index in [0.717, 1.165) is 28.3 Å². The molecule has 23 nitrogen and oxygen atoms in total. The zero-order chi connectivity index (χ0) is 52.7. The van der Waals surface area contributed by atoms with Crippen molar-refractivity contribution in [3.63, 3.8) is 0 Å². The lowest BCUT2D eigenvalue weighted by Crippen LogP contribution is -2.63. The van der Waals surface area contributed by atoms with E-state index in [9.17, 15) is 63.6 Å². The third kappa shape index (κ3) is 15.9. The fraction of sp³-hybridized carbons (Fsp3) is 0.638. The van der Waals surface area contributed by atoms with Crippen molar-refractivity contribution in [3.8, 4) is 0 Å². The number of aliphatic hydroxyl groups excluding tert-OH is 3. The van der Waals surface area contributed by atoms with Gasteiger partial charge in [-0.3, -0.25) is 38.4 Å². The number of para-hydroxylation sites is 1. The Morgan fingerprint density at radius 2 is 1.29 bits per heavy atom. The van der Waals surface area contributed by atoms with Crippen LogP contribution in [0.2, 0.25) is 0 Å². The smallest absolute Gasteiger partial charge is 0.326 e. The van der Waals surface area contributed by atoms with Crippen molar-refractivity contribution >= 4 is 64.1 Å². The first kappa shape index (κ1) is 58.1. The van der Waals surface area contributed by atoms with Crippen LogP contribution in [0.4, 0.5) is 0 Å². The minimum atomic E-state index is -1.82. The SMILES string of the molecule is CC[C@H](C)[C@H](NC(=O)[C@H](CC(C)C)NC(=O)[C@@H](N)Cc1c[nH]c2ccccc12)C(=O)N[C@@H](C)C(=O)N[C@@H](CO)C(=O)N[C@H](C(=O)N[C@H](C(=O)N1CCC[C@H]1C(=O)N[C@H](C(=O)O)C(C)C)[C@@H](C)O)[C@@H](C)O. The number of nitrogens with two attached hydrogens (primary N) is 1. The Morgan fingerprint density at radius 3 is 1.86 bits per heavy atom. The summed E-state index contributed by atoms with van der Waals surface area (Å²) in [5.41, 5.74) is 8.02. The van der Waals surface area contributed by atoms with Crippen molar-refractivity contribution in [2.75, 3.05) is 13.2 Å². The van der Waals surface area contributed by atoms with Crippen LogP contribution in [0.15, 0.2) is 30.5 Å². The number of fused-ring (bicyclic) bond motifs is 1. The van der Waals surface area contributed by atoms with Gasteiger partial charge in [0.15, 0.2) is 0 Å². The average molecular weight is 987 g/mol. The molecule has 8 amide bonds. The average Bonchev–Trinajstić information content (AvgIpc) is 3.96. The number of carbonyl (C=O) groups is 9. The lowest BCUT2D eigenvalue weighted by molar-refractivity contribution is -0.147. The molecule has 390 valence electrons. The van der Waals surface area contributed by atoms with E-state index >= 15 is 0 Å². The van der Waals surface area contributed by atoms with Crippen LogP contribution in [0.25, 0.3) is 10.9 Å². The highest BCUT2D eigenvalue weighted by molar-refractivity contribution is 5.98. The van der Waals surface area contributed by atoms with Crippen molar-refractivity contribution in [2.45, 2.75) is 161 Å². The topological polar surface area (TPSA) is 364 Å². The van der Waals surface area contributed by atoms with Crippen molar-refractivity contribution < 1.29 is 63.6 Å². The number of aromatic amines is 1. The summed E-state index contributed by atoms with van der Waals surface area (Å²) in [6, 6.07) is -4.70. The Labute approximate surface area is 407 Å². The van der Waals surface area contributed by atoms with Crippen LogP contribution in [0.1, 0.15) is 93.6 Å². The summed E-state index contributed by atoms with van der Waals surface area (Å²) >= 11 is 0. The molecule has 0 bridgehead atoms. The second-order valence-corrected chi connectivity index (χ2v) is 18.9. The van der Waals surface area contributed by atoms with Gasteiger partial charge < -0.3 is 73.3 Å². The number of aromatic nitrogens is 1. The maximum absolute atomic E-state index is 13.8. The van der Waals surface area contributed by atoms with Crippen LogP contribution in [0, 0.1) is 17.8 Å². The minimum Gasteiger partial charge on any atom is -0.480 e. The molecule has 1 aromatic carbocycles. The predicted molar refractivity (Wildman–Crippen MR) is 256 cm³/mol. The second kappa shape index (κ2) is 26.7. The fourth-order valence-corrected chi connectivity index (χ4v) is 7.96. The number of carbonyl (C=O) groups excluding carboxylic acids is 8. The molecular formula is C47H74N10O13. The standard InChI is InChI=1S/C47H74N10O13/c1-10-24(6)36(54-41(63)32(18-22(2)3)51-40(62)30(48)19-28-20-49-31-15-12-11-14-29(28)31)44(66)50-25(7)39(61)52-33(21-58)42(64)55-37(26(8)59)45(67)56-38(27(9)60)46(68)57-17-13-16-34(57)43(65)53-35(23(4)5)47(69)70/h11-12,14-15,20,22-27,30,32-38,49,58-60H,10,13,16-19,21,48H2,1-9H3,(H,50,66)(H,51,62)(H,52,61)(H,53,65)(H,54,63)(H,55,64)(H,56,67)(H,69,70)/t24-,25-,26+,27+,30-,32-,33-,34-,35-,36-,37-,38-/m0/s1. The van der Waals surface area contributed by atoms with Crippen LogP contribution in [0.3, 0.4) is 0 Å². The highest BCUT2D eigenvalue weighted by atomic mass is 16.4. The molecule has 23 heteroatoms. The number of rotatable bonds is 26. The molecule has 1 aliphatic rings. The molecular weight excluding hydrogens is 913 g/mol. The number of hydrogen-bond acceptors (Lipinski definition) is 13. The maximum atomic E-state index is 13.8. The van der Waals surface area contributed by atoms with Crippen LogP contribution >= 0.6 is 0 Å². The van der Waals surface area contributed by atoms with Gasteiger partial charge in [0.05, 0.1) is 24.9 Å². The number of carboxylic acid groups (broad SMARTS) is 1. The summed E-state index contributed by atoms with van der Waals surface area (Å²) in [6.07, 6.45) is -0.0888. The zero-order valence-corrected chi connectivity index (χ0v) is 41.4. The summed E-state index contributed by atoms with van der Waals surface area (Å²) < 4.78 is 0. The van der Waals surface area contributed by atoms with Crippen LogP contribution < -0.4 is 43.0 Å². The van der Waals surface area contributed by atoms with Gasteiger partial charge in [0.2, 0.25) is 47.3 Å². The lowest BCUT2D eigenvalue weighted by atomic mass is 9.96. The number of likely N-dealkylation sites (tertiary alicyclic amines) is 1. The quantitative estimate of drug-likeness (QED) is 0.0487. The van der Waals surface area contributed by atoms with E-state index in [0.29, 0.717) is 12.8 Å². The van der Waals surface area contributed by atoms with Crippen molar-refractivity contribution in [1.82, 2.24) is 47.1 Å². The van der Waals surface area contributed by atoms with Crippen molar-refractivity contribution in [1.29, 1.82) is 0 Å². The summed E-state index contributed by atoms with van der Waals surface area (Å²) in [7, 11) is 0. The number of nitrogens with one attached hydrogen (secondary N) is 8. The molecule has 2 aromatic rings. The van der Waals surface area contributed by atoms with Gasteiger partial charge in [-0.05, 0) is 75.8 Å². The Bertz CT molecular complexity index is 2160. The van der Waals surface area contributed by atoms with E-state index in [-0.39, 0.29) is 31.7 Å². The summed E-state index contributed by atoms with van der Waals surface area (Å²) in [6.45, 7) is 13.0. The molecule has 0 saturated carbocycles. The van der Waals surface area contributed by atoms with Gasteiger partial charge in [0, 0.05) is 23.6 Å². The van der Waals surface area contributed by atoms with Gasteiger partial charge in [-0.2, -0.15) is 0 Å². The summed E-state index contributed by atoms with van der Waals surface area (Å²) in [4.78, 5) is 124. The molecule has 0 unspecified atom stereocenters. The summed E-state index contributed by atoms with van der Waals surface area (Å²) in [5, 5.41) is 59.0. The van der Waals surface area contributed by atoms with E-state index in [1.165, 1.54) is 13.8 Å². The third-order valence-electron chi connectivity index (χ3n) is 12.3. The van der Waals surface area contributed by atoms with Crippen LogP contribution in [-0.2, 0) is 49.6 Å². The highest BCUT2D eigenvalue weighted by Gasteiger charge is 2.42. The molecule has 0 aliphatic carbocycles. The molecule has 14 N–H and O–H groups in total. The minimum absolute atomic E-state index is 0.0395. The Kier molecular flexibility index (Phi) is 22.2. The lowest BCUT2D eigenvalue weighted by Gasteiger charge is -2.32. The number of aliphatic hydroxyl groups is 3. The van der Waals surface area contributed by atoms with Gasteiger partial charge in [0.1, 0.15) is 48.3 Å². The Hall–Kier alpha value is -6.17. The van der Waals surface area contributed by atoms with Crippen LogP contribution in [0.5, 0.6) is 0 Å². The van der Waals surface area contributed by atoms with E-state index in [1.807, 2.05) is 38.1 Å². The Balaban J connectivity index is 1.66. The molecule has 12 atom stereocenters. The van der Waals surface area contributed by atoms with E-state index in [2.05, 4.69) is 42.2 Å². The molecule has 1 aliphatic heterocycles. The van der Waals surface area contributed by atoms with Gasteiger partial charge in [-0.15, -0.1) is 0 Å². The first-order chi connectivity index (χ1) is 32.8. The van der Waals surface area contributed by atoms with E-state index in [4.69, 9.17) is 5.73 Å². The first-order valence-electron chi connectivity index (χ1n) is 23.8. The number of nitrogens with zero attached hydrogens (tertiary/aromatic N) is 1. The zero-order valence-electron chi connectivity index (χ0n) is 41.4. The summed E-state index contributed by atoms with van der Waals surface area (Å²) in [5.74, 6) is -9.18. The molecule has 0 spiro atoms. The van der Waals surface area contributed by atoms with Gasteiger partial charge >= 0.3 is 5.97 Å². The predicted octanol–water partition coefficient (Wildman–Crippen LogP) is -1.97. The number of hydrogen-bond donors (Lipinski definition) is 13. The number of aliphatic carboxylic acids is 1.